The summed E-state index contributed by atoms with van der Waals surface area (Å²) in [6.45, 7) is 7.44. The molecule has 3 N–H and O–H groups in total. The fourth-order valence-corrected chi connectivity index (χ4v) is 2.41. The summed E-state index contributed by atoms with van der Waals surface area (Å²) in [6, 6.07) is 9.45. The van der Waals surface area contributed by atoms with Crippen LogP contribution in [0.1, 0.15) is 44.5 Å². The maximum atomic E-state index is 10.5. The smallest absolute Gasteiger partial charge is 0.125 e. The van der Waals surface area contributed by atoms with Crippen LogP contribution in [0.15, 0.2) is 36.5 Å². The number of aromatic amines is 1. The minimum absolute atomic E-state index is 0.162. The first-order valence-electron chi connectivity index (χ1n) is 6.44. The first-order chi connectivity index (χ1) is 8.74. The van der Waals surface area contributed by atoms with Gasteiger partial charge in [-0.1, -0.05) is 32.0 Å². The zero-order valence-corrected chi connectivity index (χ0v) is 11.9. The second kappa shape index (κ2) is 4.42. The van der Waals surface area contributed by atoms with E-state index >= 15 is 0 Å². The van der Waals surface area contributed by atoms with E-state index in [1.165, 1.54) is 0 Å². The minimum Gasteiger partial charge on any atom is -0.507 e. The van der Waals surface area contributed by atoms with Crippen molar-refractivity contribution in [3.05, 3.63) is 53.3 Å². The molecule has 0 aliphatic heterocycles. The third-order valence-corrected chi connectivity index (χ3v) is 3.64. The van der Waals surface area contributed by atoms with Crippen LogP contribution in [0.5, 0.6) is 5.75 Å². The highest BCUT2D eigenvalue weighted by molar-refractivity contribution is 5.49. The summed E-state index contributed by atoms with van der Waals surface area (Å²) in [7, 11) is 0. The Balaban J connectivity index is 2.58. The van der Waals surface area contributed by atoms with E-state index in [0.29, 0.717) is 5.56 Å². The van der Waals surface area contributed by atoms with E-state index in [9.17, 15) is 10.2 Å². The van der Waals surface area contributed by atoms with E-state index in [0.717, 1.165) is 11.3 Å². The summed E-state index contributed by atoms with van der Waals surface area (Å²) in [5, 5.41) is 20.6. The summed E-state index contributed by atoms with van der Waals surface area (Å²) in [5.74, 6) is 0.162. The highest BCUT2D eigenvalue weighted by Gasteiger charge is 2.30. The van der Waals surface area contributed by atoms with E-state index in [2.05, 4.69) is 4.98 Å². The molecule has 0 bridgehead atoms. The van der Waals surface area contributed by atoms with Crippen LogP contribution < -0.4 is 0 Å². The summed E-state index contributed by atoms with van der Waals surface area (Å²) in [5.41, 5.74) is 0.954. The number of phenolic OH excluding ortho intramolecular Hbond substituents is 1. The van der Waals surface area contributed by atoms with Gasteiger partial charge in [0.15, 0.2) is 0 Å². The van der Waals surface area contributed by atoms with Crippen molar-refractivity contribution in [2.75, 3.05) is 0 Å². The van der Waals surface area contributed by atoms with Crippen LogP contribution in [0, 0.1) is 0 Å². The fourth-order valence-electron chi connectivity index (χ4n) is 2.41. The molecule has 1 aromatic heterocycles. The van der Waals surface area contributed by atoms with E-state index < -0.39 is 5.60 Å². The highest BCUT2D eigenvalue weighted by atomic mass is 16.3. The third kappa shape index (κ3) is 2.38. The van der Waals surface area contributed by atoms with Gasteiger partial charge in [-0.25, -0.2) is 0 Å². The van der Waals surface area contributed by atoms with Crippen molar-refractivity contribution >= 4 is 0 Å². The number of para-hydroxylation sites is 1. The standard InChI is InChI=1S/C16H21NO2/c1-15(2,13-9-6-10-17-13)11-7-5-8-12(14(11)18)16(3,4)19/h5-10,17-19H,1-4H3. The summed E-state index contributed by atoms with van der Waals surface area (Å²) in [4.78, 5) is 3.19. The van der Waals surface area contributed by atoms with Gasteiger partial charge in [0.2, 0.25) is 0 Å². The van der Waals surface area contributed by atoms with Crippen LogP contribution in [0.25, 0.3) is 0 Å². The van der Waals surface area contributed by atoms with Crippen molar-refractivity contribution in [3.63, 3.8) is 0 Å². The summed E-state index contributed by atoms with van der Waals surface area (Å²) < 4.78 is 0. The molecule has 0 unspecified atom stereocenters. The highest BCUT2D eigenvalue weighted by Crippen LogP contribution is 2.40. The first-order valence-corrected chi connectivity index (χ1v) is 6.44. The molecule has 3 nitrogen and oxygen atoms in total. The number of phenols is 1. The maximum absolute atomic E-state index is 10.5. The topological polar surface area (TPSA) is 56.2 Å². The fraction of sp³-hybridized carbons (Fsp3) is 0.375. The molecular formula is C16H21NO2. The van der Waals surface area contributed by atoms with Crippen molar-refractivity contribution in [1.82, 2.24) is 4.98 Å². The van der Waals surface area contributed by atoms with Crippen molar-refractivity contribution in [3.8, 4) is 5.75 Å². The van der Waals surface area contributed by atoms with Crippen molar-refractivity contribution in [2.45, 2.75) is 38.7 Å². The Labute approximate surface area is 113 Å². The van der Waals surface area contributed by atoms with E-state index in [-0.39, 0.29) is 11.2 Å². The van der Waals surface area contributed by atoms with Gasteiger partial charge in [0.25, 0.3) is 0 Å². The molecule has 0 atom stereocenters. The predicted molar refractivity (Wildman–Crippen MR) is 76.3 cm³/mol. The Morgan fingerprint density at radius 1 is 0.947 bits per heavy atom. The van der Waals surface area contributed by atoms with Crippen molar-refractivity contribution in [1.29, 1.82) is 0 Å². The van der Waals surface area contributed by atoms with Gasteiger partial charge in [-0.15, -0.1) is 0 Å². The maximum Gasteiger partial charge on any atom is 0.125 e. The van der Waals surface area contributed by atoms with Gasteiger partial charge in [-0.05, 0) is 26.0 Å². The molecule has 2 rings (SSSR count). The molecule has 0 aliphatic carbocycles. The number of aliphatic hydroxyl groups is 1. The number of nitrogens with one attached hydrogen (secondary N) is 1. The molecule has 0 radical (unpaired) electrons. The van der Waals surface area contributed by atoms with Crippen molar-refractivity contribution in [2.24, 2.45) is 0 Å². The molecule has 0 fully saturated rings. The minimum atomic E-state index is -1.06. The third-order valence-electron chi connectivity index (χ3n) is 3.64. The molecule has 0 aliphatic rings. The second-order valence-electron chi connectivity index (χ2n) is 5.97. The zero-order chi connectivity index (χ0) is 14.3. The van der Waals surface area contributed by atoms with Gasteiger partial charge < -0.3 is 15.2 Å². The van der Waals surface area contributed by atoms with Crippen LogP contribution in [0.2, 0.25) is 0 Å². The van der Waals surface area contributed by atoms with Gasteiger partial charge in [-0.2, -0.15) is 0 Å². The first kappa shape index (κ1) is 13.7. The number of benzene rings is 1. The molecule has 102 valence electrons. The monoisotopic (exact) mass is 259 g/mol. The largest absolute Gasteiger partial charge is 0.507 e. The van der Waals surface area contributed by atoms with E-state index in [4.69, 9.17) is 0 Å². The lowest BCUT2D eigenvalue weighted by atomic mass is 9.79. The summed E-state index contributed by atoms with van der Waals surface area (Å²) in [6.07, 6.45) is 1.87. The lowest BCUT2D eigenvalue weighted by Crippen LogP contribution is -2.22. The molecule has 1 heterocycles. The van der Waals surface area contributed by atoms with E-state index in [1.807, 2.05) is 44.3 Å². The average Bonchev–Trinajstić information content (AvgIpc) is 2.81. The number of hydrogen-bond donors (Lipinski definition) is 3. The van der Waals surface area contributed by atoms with Gasteiger partial charge in [0.1, 0.15) is 5.75 Å². The van der Waals surface area contributed by atoms with Crippen LogP contribution in [0.3, 0.4) is 0 Å². The molecule has 2 aromatic rings. The van der Waals surface area contributed by atoms with Gasteiger partial charge in [-0.3, -0.25) is 0 Å². The number of rotatable bonds is 3. The SMILES string of the molecule is CC(C)(O)c1cccc(C(C)(C)c2ccc[nH]2)c1O. The molecule has 0 saturated carbocycles. The predicted octanol–water partition coefficient (Wildman–Crippen LogP) is 3.27. The molecule has 3 heteroatoms. The molecule has 0 saturated heterocycles. The molecule has 1 aromatic carbocycles. The van der Waals surface area contributed by atoms with Crippen molar-refractivity contribution < 1.29 is 10.2 Å². The lowest BCUT2D eigenvalue weighted by molar-refractivity contribution is 0.0755. The number of aromatic hydroxyl groups is 1. The van der Waals surface area contributed by atoms with Gasteiger partial charge in [0, 0.05) is 28.4 Å². The Bertz CT molecular complexity index is 563. The van der Waals surface area contributed by atoms with Crippen LogP contribution in [0.4, 0.5) is 0 Å². The quantitative estimate of drug-likeness (QED) is 0.792. The second-order valence-corrected chi connectivity index (χ2v) is 5.97. The molecular weight excluding hydrogens is 238 g/mol. The van der Waals surface area contributed by atoms with Crippen LogP contribution >= 0.6 is 0 Å². The zero-order valence-electron chi connectivity index (χ0n) is 11.9. The Morgan fingerprint density at radius 2 is 1.58 bits per heavy atom. The average molecular weight is 259 g/mol. The Hall–Kier alpha value is -1.74. The normalized spacial score (nSPS) is 12.7. The number of aromatic nitrogens is 1. The van der Waals surface area contributed by atoms with E-state index in [1.54, 1.807) is 19.9 Å². The number of H-pyrrole nitrogens is 1. The molecule has 19 heavy (non-hydrogen) atoms. The molecule has 0 amide bonds. The van der Waals surface area contributed by atoms with Gasteiger partial charge in [0.05, 0.1) is 5.60 Å². The Morgan fingerprint density at radius 3 is 2.11 bits per heavy atom. The van der Waals surface area contributed by atoms with Crippen LogP contribution in [-0.4, -0.2) is 15.2 Å². The van der Waals surface area contributed by atoms with Gasteiger partial charge >= 0.3 is 0 Å². The molecule has 0 spiro atoms. The van der Waals surface area contributed by atoms with Crippen LogP contribution in [-0.2, 0) is 11.0 Å². The lowest BCUT2D eigenvalue weighted by Gasteiger charge is -2.28. The number of hydrogen-bond acceptors (Lipinski definition) is 2. The summed E-state index contributed by atoms with van der Waals surface area (Å²) >= 11 is 0. The Kier molecular flexibility index (Phi) is 3.19.